The molecule has 0 aliphatic heterocycles. The minimum absolute atomic E-state index is 0.176. The van der Waals surface area contributed by atoms with Gasteiger partial charge in [-0.2, -0.15) is 0 Å². The van der Waals surface area contributed by atoms with Gasteiger partial charge in [-0.15, -0.1) is 0 Å². The van der Waals surface area contributed by atoms with E-state index in [1.807, 2.05) is 6.92 Å². The number of carboxylic acids is 1. The highest BCUT2D eigenvalue weighted by Gasteiger charge is 2.26. The lowest BCUT2D eigenvalue weighted by Crippen LogP contribution is -2.45. The number of carboxylic acid groups (broad SMARTS) is 1. The van der Waals surface area contributed by atoms with E-state index in [1.165, 1.54) is 20.3 Å². The Morgan fingerprint density at radius 3 is 2.41 bits per heavy atom. The molecule has 22 heavy (non-hydrogen) atoms. The average molecular weight is 374 g/mol. The van der Waals surface area contributed by atoms with Crippen LogP contribution in [0.15, 0.2) is 16.6 Å². The molecule has 7 heteroatoms. The lowest BCUT2D eigenvalue weighted by molar-refractivity contribution is -0.140. The fraction of sp³-hybridized carbons (Fsp3) is 0.467. The second kappa shape index (κ2) is 8.03. The van der Waals surface area contributed by atoms with Crippen LogP contribution in [-0.4, -0.2) is 37.2 Å². The van der Waals surface area contributed by atoms with Gasteiger partial charge in [-0.1, -0.05) is 20.3 Å². The van der Waals surface area contributed by atoms with Crippen molar-refractivity contribution in [3.63, 3.8) is 0 Å². The van der Waals surface area contributed by atoms with E-state index in [9.17, 15) is 14.7 Å². The minimum atomic E-state index is -1.05. The molecular weight excluding hydrogens is 354 g/mol. The van der Waals surface area contributed by atoms with Crippen LogP contribution in [0.5, 0.6) is 11.5 Å². The largest absolute Gasteiger partial charge is 0.493 e. The van der Waals surface area contributed by atoms with Crippen LogP contribution in [-0.2, 0) is 4.79 Å². The van der Waals surface area contributed by atoms with E-state index in [1.54, 1.807) is 13.0 Å². The third-order valence-electron chi connectivity index (χ3n) is 3.46. The van der Waals surface area contributed by atoms with Crippen molar-refractivity contribution in [3.05, 3.63) is 22.2 Å². The van der Waals surface area contributed by atoms with E-state index in [0.717, 1.165) is 0 Å². The molecule has 0 aliphatic carbocycles. The Kier molecular flexibility index (Phi) is 6.67. The molecule has 122 valence electrons. The number of methoxy groups -OCH3 is 2. The Bertz CT molecular complexity index is 561. The summed E-state index contributed by atoms with van der Waals surface area (Å²) in [6.07, 6.45) is 0.646. The topological polar surface area (TPSA) is 84.9 Å². The molecule has 0 aliphatic rings. The van der Waals surface area contributed by atoms with Crippen molar-refractivity contribution in [3.8, 4) is 11.5 Å². The number of amides is 1. The molecule has 2 N–H and O–H groups in total. The number of hydrogen-bond donors (Lipinski definition) is 2. The fourth-order valence-corrected chi connectivity index (χ4v) is 2.56. The first-order valence-electron chi connectivity index (χ1n) is 6.80. The van der Waals surface area contributed by atoms with Gasteiger partial charge in [0.25, 0.3) is 5.91 Å². The van der Waals surface area contributed by atoms with Crippen LogP contribution in [0.4, 0.5) is 0 Å². The molecule has 0 aromatic heterocycles. The quantitative estimate of drug-likeness (QED) is 0.767. The molecular formula is C15H20BrNO5. The summed E-state index contributed by atoms with van der Waals surface area (Å²) in [6.45, 7) is 3.66. The van der Waals surface area contributed by atoms with Gasteiger partial charge < -0.3 is 19.9 Å². The maximum Gasteiger partial charge on any atom is 0.326 e. The Hall–Kier alpha value is -1.76. The highest BCUT2D eigenvalue weighted by molar-refractivity contribution is 9.10. The van der Waals surface area contributed by atoms with Crippen molar-refractivity contribution in [2.45, 2.75) is 26.3 Å². The van der Waals surface area contributed by atoms with Crippen LogP contribution < -0.4 is 14.8 Å². The zero-order chi connectivity index (χ0) is 16.9. The molecule has 2 atom stereocenters. The molecule has 0 radical (unpaired) electrons. The predicted molar refractivity (Wildman–Crippen MR) is 85.6 cm³/mol. The number of benzene rings is 1. The molecule has 1 rings (SSSR count). The van der Waals surface area contributed by atoms with E-state index in [4.69, 9.17) is 9.47 Å². The molecule has 0 spiro atoms. The third kappa shape index (κ3) is 4.13. The van der Waals surface area contributed by atoms with Gasteiger partial charge in [-0.25, -0.2) is 4.79 Å². The standard InChI is InChI=1S/C15H20BrNO5/c1-5-8(2)12(15(19)20)17-14(18)9-6-10(16)13(22-4)11(7-9)21-3/h6-8,12H,5H2,1-4H3,(H,17,18)(H,19,20). The number of nitrogens with one attached hydrogen (secondary N) is 1. The summed E-state index contributed by atoms with van der Waals surface area (Å²) < 4.78 is 10.9. The normalized spacial score (nSPS) is 13.1. The smallest absolute Gasteiger partial charge is 0.326 e. The highest BCUT2D eigenvalue weighted by atomic mass is 79.9. The Morgan fingerprint density at radius 2 is 1.95 bits per heavy atom. The van der Waals surface area contributed by atoms with Gasteiger partial charge in [0.05, 0.1) is 18.7 Å². The first-order valence-corrected chi connectivity index (χ1v) is 7.60. The molecule has 0 saturated carbocycles. The van der Waals surface area contributed by atoms with Gasteiger partial charge in [-0.05, 0) is 34.0 Å². The number of aliphatic carboxylic acids is 1. The third-order valence-corrected chi connectivity index (χ3v) is 4.05. The molecule has 0 bridgehead atoms. The number of hydrogen-bond acceptors (Lipinski definition) is 4. The number of carbonyl (C=O) groups excluding carboxylic acids is 1. The van der Waals surface area contributed by atoms with Gasteiger partial charge in [0.15, 0.2) is 11.5 Å². The minimum Gasteiger partial charge on any atom is -0.493 e. The van der Waals surface area contributed by atoms with E-state index in [-0.39, 0.29) is 5.92 Å². The highest BCUT2D eigenvalue weighted by Crippen LogP contribution is 2.36. The monoisotopic (exact) mass is 373 g/mol. The predicted octanol–water partition coefficient (Wildman–Crippen LogP) is 2.70. The molecule has 1 aromatic carbocycles. The van der Waals surface area contributed by atoms with Gasteiger partial charge in [0.2, 0.25) is 0 Å². The van der Waals surface area contributed by atoms with Crippen molar-refractivity contribution in [2.24, 2.45) is 5.92 Å². The molecule has 1 amide bonds. The second-order valence-electron chi connectivity index (χ2n) is 4.87. The lowest BCUT2D eigenvalue weighted by atomic mass is 9.99. The van der Waals surface area contributed by atoms with Crippen molar-refractivity contribution < 1.29 is 24.2 Å². The van der Waals surface area contributed by atoms with Gasteiger partial charge >= 0.3 is 5.97 Å². The number of carbonyl (C=O) groups is 2. The van der Waals surface area contributed by atoms with E-state index >= 15 is 0 Å². The summed E-state index contributed by atoms with van der Waals surface area (Å²) >= 11 is 3.30. The van der Waals surface area contributed by atoms with Crippen molar-refractivity contribution >= 4 is 27.8 Å². The van der Waals surface area contributed by atoms with Gasteiger partial charge in [0.1, 0.15) is 6.04 Å². The molecule has 0 heterocycles. The van der Waals surface area contributed by atoms with Gasteiger partial charge in [-0.3, -0.25) is 4.79 Å². The zero-order valence-electron chi connectivity index (χ0n) is 13.0. The average Bonchev–Trinajstić information content (AvgIpc) is 2.50. The second-order valence-corrected chi connectivity index (χ2v) is 5.72. The maximum atomic E-state index is 12.3. The fourth-order valence-electron chi connectivity index (χ4n) is 1.96. The Balaban J connectivity index is 3.07. The molecule has 6 nitrogen and oxygen atoms in total. The van der Waals surface area contributed by atoms with Crippen molar-refractivity contribution in [1.82, 2.24) is 5.32 Å². The first kappa shape index (κ1) is 18.3. The van der Waals surface area contributed by atoms with E-state index in [2.05, 4.69) is 21.2 Å². The summed E-state index contributed by atoms with van der Waals surface area (Å²) in [5.41, 5.74) is 0.291. The van der Waals surface area contributed by atoms with Crippen LogP contribution in [0.25, 0.3) is 0 Å². The lowest BCUT2D eigenvalue weighted by Gasteiger charge is -2.20. The maximum absolute atomic E-state index is 12.3. The van der Waals surface area contributed by atoms with Crippen LogP contribution in [0.3, 0.4) is 0 Å². The van der Waals surface area contributed by atoms with Crippen LogP contribution in [0, 0.1) is 5.92 Å². The van der Waals surface area contributed by atoms with E-state index < -0.39 is 17.9 Å². The Morgan fingerprint density at radius 1 is 1.32 bits per heavy atom. The number of ether oxygens (including phenoxy) is 2. The van der Waals surface area contributed by atoms with Crippen molar-refractivity contribution in [1.29, 1.82) is 0 Å². The van der Waals surface area contributed by atoms with Crippen LogP contribution >= 0.6 is 15.9 Å². The summed E-state index contributed by atoms with van der Waals surface area (Å²) in [6, 6.07) is 2.13. The number of rotatable bonds is 7. The summed E-state index contributed by atoms with van der Waals surface area (Å²) in [7, 11) is 2.96. The summed E-state index contributed by atoms with van der Waals surface area (Å²) in [4.78, 5) is 23.6. The molecule has 2 unspecified atom stereocenters. The molecule has 1 aromatic rings. The zero-order valence-corrected chi connectivity index (χ0v) is 14.6. The molecule has 0 saturated heterocycles. The number of halogens is 1. The van der Waals surface area contributed by atoms with Crippen molar-refractivity contribution in [2.75, 3.05) is 14.2 Å². The molecule has 0 fully saturated rings. The summed E-state index contributed by atoms with van der Waals surface area (Å²) in [5, 5.41) is 11.8. The SMILES string of the molecule is CCC(C)C(NC(=O)c1cc(Br)c(OC)c(OC)c1)C(=O)O. The Labute approximate surface area is 137 Å². The van der Waals surface area contributed by atoms with E-state index in [0.29, 0.717) is 28.0 Å². The summed E-state index contributed by atoms with van der Waals surface area (Å²) in [5.74, 6) is -0.852. The van der Waals surface area contributed by atoms with Crippen LogP contribution in [0.2, 0.25) is 0 Å². The van der Waals surface area contributed by atoms with Gasteiger partial charge in [0, 0.05) is 5.56 Å². The van der Waals surface area contributed by atoms with Crippen LogP contribution in [0.1, 0.15) is 30.6 Å². The first-order chi connectivity index (χ1) is 10.3.